The molecule has 0 aromatic rings. The van der Waals surface area contributed by atoms with Gasteiger partial charge in [-0.3, -0.25) is 0 Å². The van der Waals surface area contributed by atoms with E-state index in [1.54, 1.807) is 13.8 Å². The Morgan fingerprint density at radius 2 is 2.07 bits per heavy atom. The second-order valence-corrected chi connectivity index (χ2v) is 10.3. The Labute approximate surface area is 182 Å². The highest BCUT2D eigenvalue weighted by atomic mass is 16.3. The summed E-state index contributed by atoms with van der Waals surface area (Å²) < 4.78 is 0. The first-order valence-electron chi connectivity index (χ1n) is 11.4. The third-order valence-electron chi connectivity index (χ3n) is 7.21. The van der Waals surface area contributed by atoms with Crippen molar-refractivity contribution >= 4 is 0 Å². The Balaban J connectivity index is 1.76. The van der Waals surface area contributed by atoms with E-state index in [1.165, 1.54) is 24.0 Å². The van der Waals surface area contributed by atoms with Gasteiger partial charge in [0.2, 0.25) is 0 Å². The van der Waals surface area contributed by atoms with Gasteiger partial charge in [0.25, 0.3) is 0 Å². The fourth-order valence-corrected chi connectivity index (χ4v) is 5.61. The van der Waals surface area contributed by atoms with Crippen LogP contribution in [0.2, 0.25) is 0 Å². The first-order valence-corrected chi connectivity index (χ1v) is 11.4. The van der Waals surface area contributed by atoms with Crippen LogP contribution >= 0.6 is 0 Å². The lowest BCUT2D eigenvalue weighted by Crippen LogP contribution is -2.32. The molecule has 164 valence electrons. The summed E-state index contributed by atoms with van der Waals surface area (Å²) in [7, 11) is 0. The van der Waals surface area contributed by atoms with Crippen LogP contribution in [0.1, 0.15) is 72.6 Å². The average molecular weight is 411 g/mol. The smallest absolute Gasteiger partial charge is 0.119 e. The van der Waals surface area contributed by atoms with Gasteiger partial charge in [0.15, 0.2) is 0 Å². The number of aliphatic hydroxyl groups is 3. The summed E-state index contributed by atoms with van der Waals surface area (Å²) in [5, 5.41) is 30.0. The van der Waals surface area contributed by atoms with Crippen molar-refractivity contribution in [1.29, 1.82) is 0 Å². The molecule has 0 bridgehead atoms. The van der Waals surface area contributed by atoms with E-state index < -0.39 is 17.8 Å². The summed E-state index contributed by atoms with van der Waals surface area (Å²) in [6, 6.07) is 0. The normalized spacial score (nSPS) is 35.6. The number of aliphatic hydroxyl groups excluding tert-OH is 2. The van der Waals surface area contributed by atoms with E-state index in [2.05, 4.69) is 50.5 Å². The fraction of sp³-hybridized carbons (Fsp3) is 0.630. The van der Waals surface area contributed by atoms with E-state index in [9.17, 15) is 15.3 Å². The molecule has 30 heavy (non-hydrogen) atoms. The predicted octanol–water partition coefficient (Wildman–Crippen LogP) is 4.85. The Kier molecular flexibility index (Phi) is 6.82. The molecule has 2 fully saturated rings. The first kappa shape index (κ1) is 23.1. The molecule has 3 nitrogen and oxygen atoms in total. The molecule has 5 atom stereocenters. The van der Waals surface area contributed by atoms with Crippen LogP contribution in [0.15, 0.2) is 47.1 Å². The summed E-state index contributed by atoms with van der Waals surface area (Å²) in [6.45, 7) is 12.1. The maximum atomic E-state index is 10.1. The molecule has 3 heteroatoms. The van der Waals surface area contributed by atoms with Crippen molar-refractivity contribution in [2.24, 2.45) is 17.3 Å². The van der Waals surface area contributed by atoms with Crippen molar-refractivity contribution in [2.45, 2.75) is 90.4 Å². The predicted molar refractivity (Wildman–Crippen MR) is 123 cm³/mol. The largest absolute Gasteiger partial charge is 0.393 e. The number of allylic oxidation sites excluding steroid dienone is 5. The van der Waals surface area contributed by atoms with Crippen LogP contribution in [0.4, 0.5) is 0 Å². The molecule has 3 aliphatic rings. The van der Waals surface area contributed by atoms with Crippen LogP contribution in [0.5, 0.6) is 0 Å². The lowest BCUT2D eigenvalue weighted by Gasteiger charge is -2.42. The third-order valence-corrected chi connectivity index (χ3v) is 7.21. The zero-order valence-electron chi connectivity index (χ0n) is 19.0. The topological polar surface area (TPSA) is 60.7 Å². The molecule has 3 N–H and O–H groups in total. The minimum atomic E-state index is -0.936. The average Bonchev–Trinajstić information content (AvgIpc) is 3.00. The van der Waals surface area contributed by atoms with Crippen LogP contribution in [0.3, 0.4) is 0 Å². The number of hydrogen-bond donors (Lipinski definition) is 3. The highest BCUT2D eigenvalue weighted by Gasteiger charge is 2.45. The van der Waals surface area contributed by atoms with Gasteiger partial charge in [-0.15, -0.1) is 0 Å². The van der Waals surface area contributed by atoms with Crippen LogP contribution < -0.4 is 0 Å². The maximum absolute atomic E-state index is 10.1. The van der Waals surface area contributed by atoms with E-state index in [0.29, 0.717) is 24.7 Å². The van der Waals surface area contributed by atoms with Gasteiger partial charge in [0.05, 0.1) is 12.2 Å². The Morgan fingerprint density at radius 3 is 2.77 bits per heavy atom. The quantitative estimate of drug-likeness (QED) is 0.460. The molecule has 2 saturated carbocycles. The fourth-order valence-electron chi connectivity index (χ4n) is 5.61. The van der Waals surface area contributed by atoms with E-state index in [-0.39, 0.29) is 5.41 Å². The van der Waals surface area contributed by atoms with Crippen molar-refractivity contribution < 1.29 is 15.3 Å². The van der Waals surface area contributed by atoms with E-state index in [4.69, 9.17) is 0 Å². The van der Waals surface area contributed by atoms with Gasteiger partial charge in [-0.25, -0.2) is 0 Å². The molecular weight excluding hydrogens is 372 g/mol. The molecular formula is C27H38O3. The summed E-state index contributed by atoms with van der Waals surface area (Å²) in [4.78, 5) is 0. The van der Waals surface area contributed by atoms with Crippen LogP contribution in [0.25, 0.3) is 0 Å². The summed E-state index contributed by atoms with van der Waals surface area (Å²) >= 11 is 0. The van der Waals surface area contributed by atoms with Crippen LogP contribution in [-0.2, 0) is 0 Å². The molecule has 0 unspecified atom stereocenters. The second-order valence-electron chi connectivity index (χ2n) is 10.3. The monoisotopic (exact) mass is 410 g/mol. The minimum absolute atomic E-state index is 0.168. The molecule has 0 aliphatic heterocycles. The van der Waals surface area contributed by atoms with E-state index >= 15 is 0 Å². The molecule has 3 aliphatic carbocycles. The van der Waals surface area contributed by atoms with E-state index in [1.807, 2.05) is 0 Å². The van der Waals surface area contributed by atoms with Crippen LogP contribution in [0, 0.1) is 29.1 Å². The van der Waals surface area contributed by atoms with Crippen molar-refractivity contribution in [1.82, 2.24) is 0 Å². The first-order chi connectivity index (χ1) is 14.0. The van der Waals surface area contributed by atoms with Crippen molar-refractivity contribution in [3.05, 3.63) is 47.1 Å². The minimum Gasteiger partial charge on any atom is -0.393 e. The van der Waals surface area contributed by atoms with Gasteiger partial charge in [-0.2, -0.15) is 0 Å². The Bertz CT molecular complexity index is 826. The standard InChI is InChI=1S/C27H38O3/c1-18(8-6-14-26(3,4)30)23-12-13-24-20(9-7-15-27(23,24)5)10-11-21-16-22(28)17-25(29)19(21)2/h10-12,18,22,24-25,28-30H,2,7-9,13,15-17H2,1,3-5H3/b20-10+,21-11-/t18-,22+,24+,25-,27-/m1/s1. The number of rotatable bonds is 3. The highest BCUT2D eigenvalue weighted by molar-refractivity contribution is 5.40. The zero-order valence-corrected chi connectivity index (χ0v) is 19.0. The van der Waals surface area contributed by atoms with E-state index in [0.717, 1.165) is 30.4 Å². The Morgan fingerprint density at radius 1 is 1.33 bits per heavy atom. The molecule has 0 saturated heterocycles. The molecule has 0 aromatic heterocycles. The zero-order chi connectivity index (χ0) is 22.1. The second kappa shape index (κ2) is 8.87. The maximum Gasteiger partial charge on any atom is 0.119 e. The number of fused-ring (bicyclic) bond motifs is 1. The van der Waals surface area contributed by atoms with Gasteiger partial charge >= 0.3 is 0 Å². The Hall–Kier alpha value is -1.60. The third kappa shape index (κ3) is 4.99. The SMILES string of the molecule is C=C1/C(=C\C=C2/CCC[C@]3(C)C([C@H](C)CC#CC(C)(C)O)=CC[C@@H]23)C[C@H](O)C[C@H]1O. The highest BCUT2D eigenvalue weighted by Crippen LogP contribution is 2.56. The molecule has 0 radical (unpaired) electrons. The molecule has 0 amide bonds. The summed E-state index contributed by atoms with van der Waals surface area (Å²) in [6.07, 6.45) is 11.9. The van der Waals surface area contributed by atoms with Gasteiger partial charge < -0.3 is 15.3 Å². The van der Waals surface area contributed by atoms with Gasteiger partial charge in [0.1, 0.15) is 5.60 Å². The molecule has 0 heterocycles. The molecule has 3 rings (SSSR count). The lowest BCUT2D eigenvalue weighted by atomic mass is 9.62. The van der Waals surface area contributed by atoms with Crippen molar-refractivity contribution in [3.63, 3.8) is 0 Å². The lowest BCUT2D eigenvalue weighted by molar-refractivity contribution is 0.0862. The van der Waals surface area contributed by atoms with Gasteiger partial charge in [0, 0.05) is 12.8 Å². The van der Waals surface area contributed by atoms with Gasteiger partial charge in [-0.1, -0.05) is 61.6 Å². The van der Waals surface area contributed by atoms with Crippen molar-refractivity contribution in [2.75, 3.05) is 0 Å². The van der Waals surface area contributed by atoms with Crippen LogP contribution in [-0.4, -0.2) is 33.1 Å². The molecule has 0 aromatic carbocycles. The summed E-state index contributed by atoms with van der Waals surface area (Å²) in [5.41, 5.74) is 3.95. The molecule has 0 spiro atoms. The van der Waals surface area contributed by atoms with Gasteiger partial charge in [-0.05, 0) is 74.3 Å². The number of hydrogen-bond acceptors (Lipinski definition) is 3. The summed E-state index contributed by atoms with van der Waals surface area (Å²) in [5.74, 6) is 7.03. The van der Waals surface area contributed by atoms with Crippen molar-refractivity contribution in [3.8, 4) is 11.8 Å².